The Morgan fingerprint density at radius 1 is 1.34 bits per heavy atom. The molecule has 4 rings (SSSR count). The van der Waals surface area contributed by atoms with Crippen LogP contribution in [-0.4, -0.2) is 58.6 Å². The third-order valence-electron chi connectivity index (χ3n) is 6.15. The van der Waals surface area contributed by atoms with E-state index in [2.05, 4.69) is 10.5 Å². The highest BCUT2D eigenvalue weighted by Gasteiger charge is 2.38. The summed E-state index contributed by atoms with van der Waals surface area (Å²) >= 11 is 0. The highest BCUT2D eigenvalue weighted by Crippen LogP contribution is 2.31. The normalized spacial score (nSPS) is 21.3. The Labute approximate surface area is 198 Å². The van der Waals surface area contributed by atoms with Crippen LogP contribution < -0.4 is 10.7 Å². The third kappa shape index (κ3) is 4.68. The van der Waals surface area contributed by atoms with Crippen molar-refractivity contribution in [2.75, 3.05) is 20.3 Å². The lowest BCUT2D eigenvalue weighted by Gasteiger charge is -2.39. The molecule has 2 atom stereocenters. The van der Waals surface area contributed by atoms with Gasteiger partial charge in [0.15, 0.2) is 11.4 Å². The van der Waals surface area contributed by atoms with Gasteiger partial charge in [-0.15, -0.1) is 0 Å². The van der Waals surface area contributed by atoms with Crippen molar-refractivity contribution in [1.82, 2.24) is 14.8 Å². The average molecular weight is 490 g/mol. The minimum absolute atomic E-state index is 0.00937. The molecule has 0 spiro atoms. The molecule has 2 aliphatic heterocycles. The molecule has 2 aromatic rings. The van der Waals surface area contributed by atoms with Gasteiger partial charge in [-0.05, 0) is 13.0 Å². The molecule has 0 unspecified atom stereocenters. The number of benzene rings is 1. The van der Waals surface area contributed by atoms with Crippen LogP contribution in [0, 0.1) is 11.6 Å². The predicted octanol–water partition coefficient (Wildman–Crippen LogP) is 1.92. The van der Waals surface area contributed by atoms with Crippen molar-refractivity contribution in [2.24, 2.45) is 5.16 Å². The number of carbonyl (C=O) groups excluding carboxylic acids is 2. The summed E-state index contributed by atoms with van der Waals surface area (Å²) in [5, 5.41) is 17.1. The molecule has 2 N–H and O–H groups in total. The fourth-order valence-corrected chi connectivity index (χ4v) is 4.15. The summed E-state index contributed by atoms with van der Waals surface area (Å²) in [5.41, 5.74) is -1.70. The number of ether oxygens (including phenoxy) is 1. The van der Waals surface area contributed by atoms with Crippen LogP contribution in [0.25, 0.3) is 0 Å². The minimum atomic E-state index is -1.04. The maximum atomic E-state index is 13.9. The van der Waals surface area contributed by atoms with Crippen molar-refractivity contribution in [3.05, 3.63) is 63.1 Å². The van der Waals surface area contributed by atoms with Crippen molar-refractivity contribution < 1.29 is 33.1 Å². The lowest BCUT2D eigenvalue weighted by molar-refractivity contribution is 0.0479. The number of methoxy groups -OCH3 is 1. The van der Waals surface area contributed by atoms with E-state index in [4.69, 9.17) is 9.57 Å². The number of carbonyl (C=O) groups is 2. The molecule has 0 radical (unpaired) electrons. The van der Waals surface area contributed by atoms with E-state index in [1.807, 2.05) is 6.92 Å². The summed E-state index contributed by atoms with van der Waals surface area (Å²) < 4.78 is 33.7. The van der Waals surface area contributed by atoms with E-state index in [1.165, 1.54) is 28.8 Å². The molecule has 186 valence electrons. The van der Waals surface area contributed by atoms with Crippen molar-refractivity contribution in [3.8, 4) is 5.75 Å². The number of hydrogen-bond acceptors (Lipinski definition) is 7. The molecule has 2 bridgehead atoms. The average Bonchev–Trinajstić information content (AvgIpc) is 2.83. The van der Waals surface area contributed by atoms with Gasteiger partial charge in [-0.1, -0.05) is 11.2 Å². The van der Waals surface area contributed by atoms with Crippen LogP contribution >= 0.6 is 0 Å². The molecule has 1 aromatic carbocycles. The standard InChI is InChI=1S/C23H24F2N4O6/c1-12-5-6-35-27-18(34-2)8-15-10-28(12)23(33)19-21(31)20(30)16(11-29(15)19)22(32)26-9-13-3-4-14(24)7-17(13)25/h3-4,7,11-12,15,31H,5-6,8-10H2,1-2H3,(H,26,32)/b27-18+/t12-,15-/m0/s1. The molecule has 0 saturated heterocycles. The Morgan fingerprint density at radius 2 is 2.11 bits per heavy atom. The van der Waals surface area contributed by atoms with Crippen molar-refractivity contribution in [3.63, 3.8) is 0 Å². The van der Waals surface area contributed by atoms with E-state index in [0.29, 0.717) is 12.5 Å². The van der Waals surface area contributed by atoms with Gasteiger partial charge in [-0.25, -0.2) is 8.78 Å². The molecular formula is C23H24F2N4O6. The van der Waals surface area contributed by atoms with Crippen LogP contribution in [0.3, 0.4) is 0 Å². The fourth-order valence-electron chi connectivity index (χ4n) is 4.15. The van der Waals surface area contributed by atoms with Crippen molar-refractivity contribution >= 4 is 17.7 Å². The first-order chi connectivity index (χ1) is 16.7. The second-order valence-corrected chi connectivity index (χ2v) is 8.37. The number of oxime groups is 1. The SMILES string of the molecule is CO/C1=N/OCC[C@H](C)N2C[C@H](C1)n1cc(C(=O)NCc3ccc(F)cc3F)c(=O)c(O)c1C2=O. The summed E-state index contributed by atoms with van der Waals surface area (Å²) in [4.78, 5) is 45.7. The van der Waals surface area contributed by atoms with Crippen LogP contribution in [0.15, 0.2) is 34.3 Å². The number of nitrogens with one attached hydrogen (secondary N) is 1. The molecule has 0 saturated carbocycles. The fraction of sp³-hybridized carbons (Fsp3) is 0.391. The van der Waals surface area contributed by atoms with Crippen LogP contribution in [0.2, 0.25) is 0 Å². The molecule has 10 nitrogen and oxygen atoms in total. The second-order valence-electron chi connectivity index (χ2n) is 8.37. The zero-order chi connectivity index (χ0) is 25.3. The Morgan fingerprint density at radius 3 is 2.83 bits per heavy atom. The first kappa shape index (κ1) is 24.2. The van der Waals surface area contributed by atoms with Gasteiger partial charge in [0.2, 0.25) is 11.3 Å². The molecule has 2 aliphatic rings. The number of rotatable bonds is 3. The number of amides is 2. The van der Waals surface area contributed by atoms with Crippen molar-refractivity contribution in [2.45, 2.75) is 38.4 Å². The number of aromatic hydroxyl groups is 1. The van der Waals surface area contributed by atoms with Gasteiger partial charge in [-0.3, -0.25) is 14.4 Å². The molecule has 35 heavy (non-hydrogen) atoms. The number of halogens is 2. The highest BCUT2D eigenvalue weighted by molar-refractivity contribution is 5.99. The monoisotopic (exact) mass is 490 g/mol. The van der Waals surface area contributed by atoms with Gasteiger partial charge >= 0.3 is 0 Å². The van der Waals surface area contributed by atoms with Crippen LogP contribution in [-0.2, 0) is 16.1 Å². The quantitative estimate of drug-likeness (QED) is 0.678. The number of pyridine rings is 1. The summed E-state index contributed by atoms with van der Waals surface area (Å²) in [6, 6.07) is 2.10. The molecule has 0 fully saturated rings. The lowest BCUT2D eigenvalue weighted by atomic mass is 10.0. The Kier molecular flexibility index (Phi) is 6.72. The summed E-state index contributed by atoms with van der Waals surface area (Å²) in [6.45, 7) is 1.97. The number of aromatic nitrogens is 1. The van der Waals surface area contributed by atoms with Gasteiger partial charge in [0.05, 0.1) is 13.2 Å². The summed E-state index contributed by atoms with van der Waals surface area (Å²) in [6.07, 6.45) is 1.81. The first-order valence-electron chi connectivity index (χ1n) is 10.9. The zero-order valence-electron chi connectivity index (χ0n) is 19.1. The molecule has 2 amide bonds. The predicted molar refractivity (Wildman–Crippen MR) is 119 cm³/mol. The number of fused-ring (bicyclic) bond motifs is 4. The lowest BCUT2D eigenvalue weighted by Crippen LogP contribution is -2.49. The van der Waals surface area contributed by atoms with Gasteiger partial charge in [0.25, 0.3) is 11.8 Å². The summed E-state index contributed by atoms with van der Waals surface area (Å²) in [7, 11) is 1.42. The maximum absolute atomic E-state index is 13.9. The van der Waals surface area contributed by atoms with E-state index >= 15 is 0 Å². The van der Waals surface area contributed by atoms with E-state index in [0.717, 1.165) is 6.07 Å². The van der Waals surface area contributed by atoms with Crippen LogP contribution in [0.1, 0.15) is 52.2 Å². The van der Waals surface area contributed by atoms with Gasteiger partial charge in [-0.2, -0.15) is 0 Å². The van der Waals surface area contributed by atoms with Crippen LogP contribution in [0.5, 0.6) is 5.75 Å². The van der Waals surface area contributed by atoms with Gasteiger partial charge in [0, 0.05) is 49.8 Å². The molecule has 1 aromatic heterocycles. The highest BCUT2D eigenvalue weighted by atomic mass is 19.1. The summed E-state index contributed by atoms with van der Waals surface area (Å²) in [5.74, 6) is -3.69. The molecule has 12 heteroatoms. The number of hydrogen-bond donors (Lipinski definition) is 2. The Bertz CT molecular complexity index is 1260. The zero-order valence-corrected chi connectivity index (χ0v) is 19.1. The largest absolute Gasteiger partial charge is 0.503 e. The van der Waals surface area contributed by atoms with E-state index in [-0.39, 0.29) is 49.3 Å². The minimum Gasteiger partial charge on any atom is -0.503 e. The van der Waals surface area contributed by atoms with Gasteiger partial charge < -0.3 is 29.5 Å². The molecular weight excluding hydrogens is 466 g/mol. The smallest absolute Gasteiger partial charge is 0.274 e. The molecule has 3 heterocycles. The maximum Gasteiger partial charge on any atom is 0.274 e. The topological polar surface area (TPSA) is 122 Å². The van der Waals surface area contributed by atoms with Crippen molar-refractivity contribution in [1.29, 1.82) is 0 Å². The van der Waals surface area contributed by atoms with Crippen LogP contribution in [0.4, 0.5) is 8.78 Å². The molecule has 0 aliphatic carbocycles. The second kappa shape index (κ2) is 9.72. The Hall–Kier alpha value is -3.96. The Balaban J connectivity index is 1.71. The first-order valence-corrected chi connectivity index (χ1v) is 10.9. The number of nitrogens with zero attached hydrogens (tertiary/aromatic N) is 3. The van der Waals surface area contributed by atoms with E-state index in [1.54, 1.807) is 0 Å². The third-order valence-corrected chi connectivity index (χ3v) is 6.15. The van der Waals surface area contributed by atoms with E-state index in [9.17, 15) is 28.3 Å². The van der Waals surface area contributed by atoms with E-state index < -0.39 is 46.2 Å². The van der Waals surface area contributed by atoms with Gasteiger partial charge in [0.1, 0.15) is 23.8 Å².